The molecule has 0 saturated heterocycles. The van der Waals surface area contributed by atoms with Crippen molar-refractivity contribution in [2.24, 2.45) is 11.8 Å². The molecule has 0 bridgehead atoms. The molecule has 0 aromatic heterocycles. The first-order valence-electron chi connectivity index (χ1n) is 5.84. The fourth-order valence-corrected chi connectivity index (χ4v) is 1.51. The number of nitrogens with zero attached hydrogens (tertiary/aromatic N) is 1. The predicted molar refractivity (Wildman–Crippen MR) is 72.9 cm³/mol. The zero-order valence-corrected chi connectivity index (χ0v) is 12.8. The smallest absolute Gasteiger partial charge is 0.234 e. The van der Waals surface area contributed by atoms with Gasteiger partial charge in [0, 0.05) is 12.6 Å². The minimum Gasteiger partial charge on any atom is -0.351 e. The molecule has 0 radical (unpaired) electrons. The number of alkyl halides is 1. The molecule has 0 heterocycles. The van der Waals surface area contributed by atoms with Crippen LogP contribution in [0.15, 0.2) is 0 Å². The van der Waals surface area contributed by atoms with Gasteiger partial charge in [0.05, 0.1) is 4.83 Å². The number of rotatable bonds is 6. The first-order valence-corrected chi connectivity index (χ1v) is 6.76. The summed E-state index contributed by atoms with van der Waals surface area (Å²) in [5.74, 6) is 0.848. The highest BCUT2D eigenvalue weighted by Crippen LogP contribution is 2.13. The molecule has 0 saturated carbocycles. The molecule has 0 spiro atoms. The third-order valence-corrected chi connectivity index (χ3v) is 4.00. The van der Waals surface area contributed by atoms with Crippen LogP contribution in [0.5, 0.6) is 0 Å². The highest BCUT2D eigenvalue weighted by molar-refractivity contribution is 9.10. The minimum absolute atomic E-state index is 0.0931. The van der Waals surface area contributed by atoms with E-state index in [1.165, 1.54) is 0 Å². The summed E-state index contributed by atoms with van der Waals surface area (Å²) in [6, 6.07) is 0.210. The molecule has 0 aliphatic carbocycles. The molecule has 1 N–H and O–H groups in total. The van der Waals surface area contributed by atoms with Gasteiger partial charge in [0.2, 0.25) is 5.91 Å². The Morgan fingerprint density at radius 1 is 1.19 bits per heavy atom. The Bertz CT molecular complexity index is 217. The van der Waals surface area contributed by atoms with Gasteiger partial charge in [-0.25, -0.2) is 0 Å². The van der Waals surface area contributed by atoms with E-state index in [0.717, 1.165) is 6.54 Å². The third-order valence-electron chi connectivity index (χ3n) is 2.53. The minimum atomic E-state index is -0.101. The number of carbonyl (C=O) groups is 1. The Morgan fingerprint density at radius 3 is 2.00 bits per heavy atom. The fraction of sp³-hybridized carbons (Fsp3) is 0.917. The Balaban J connectivity index is 4.34. The molecule has 0 aliphatic rings. The van der Waals surface area contributed by atoms with Gasteiger partial charge in [-0.2, -0.15) is 0 Å². The lowest BCUT2D eigenvalue weighted by Gasteiger charge is -2.27. The number of carbonyl (C=O) groups excluding carboxylic acids is 1. The molecule has 16 heavy (non-hydrogen) atoms. The number of amides is 1. The highest BCUT2D eigenvalue weighted by Gasteiger charge is 2.23. The molecule has 2 atom stereocenters. The van der Waals surface area contributed by atoms with Crippen molar-refractivity contribution in [2.45, 2.75) is 38.6 Å². The van der Waals surface area contributed by atoms with E-state index >= 15 is 0 Å². The maximum atomic E-state index is 11.9. The van der Waals surface area contributed by atoms with Gasteiger partial charge >= 0.3 is 0 Å². The number of halogens is 1. The Kier molecular flexibility index (Phi) is 7.24. The zero-order valence-electron chi connectivity index (χ0n) is 11.2. The van der Waals surface area contributed by atoms with Crippen molar-refractivity contribution in [3.05, 3.63) is 0 Å². The van der Waals surface area contributed by atoms with E-state index in [1.54, 1.807) is 0 Å². The third kappa shape index (κ3) is 5.85. The van der Waals surface area contributed by atoms with Crippen molar-refractivity contribution in [3.63, 3.8) is 0 Å². The molecule has 1 amide bonds. The average molecular weight is 293 g/mol. The lowest BCUT2D eigenvalue weighted by atomic mass is 10.0. The molecular formula is C12H25BrN2O. The van der Waals surface area contributed by atoms with Gasteiger partial charge in [-0.1, -0.05) is 43.6 Å². The maximum Gasteiger partial charge on any atom is 0.234 e. The molecule has 0 fully saturated rings. The molecule has 3 nitrogen and oxygen atoms in total. The number of likely N-dealkylation sites (N-methyl/N-ethyl adjacent to an activating group) is 1. The van der Waals surface area contributed by atoms with Crippen molar-refractivity contribution in [1.82, 2.24) is 10.2 Å². The first kappa shape index (κ1) is 15.9. The van der Waals surface area contributed by atoms with Crippen LogP contribution >= 0.6 is 15.9 Å². The van der Waals surface area contributed by atoms with Crippen LogP contribution in [0.4, 0.5) is 0 Å². The Hall–Kier alpha value is -0.0900. The topological polar surface area (TPSA) is 32.3 Å². The van der Waals surface area contributed by atoms with E-state index in [4.69, 9.17) is 0 Å². The van der Waals surface area contributed by atoms with Crippen LogP contribution in [0.3, 0.4) is 0 Å². The molecule has 0 aliphatic heterocycles. The molecule has 0 aromatic rings. The standard InChI is InChI=1S/C12H25BrN2O/c1-8(2)10(7-15(5)6)14-12(16)11(13)9(3)4/h8-11H,7H2,1-6H3,(H,14,16). The summed E-state index contributed by atoms with van der Waals surface area (Å²) in [7, 11) is 4.05. The number of hydrogen-bond donors (Lipinski definition) is 1. The molecule has 2 unspecified atom stereocenters. The summed E-state index contributed by atoms with van der Waals surface area (Å²) in [6.45, 7) is 9.21. The van der Waals surface area contributed by atoms with E-state index in [2.05, 4.69) is 40.0 Å². The summed E-state index contributed by atoms with van der Waals surface area (Å²) < 4.78 is 0. The molecule has 96 valence electrons. The van der Waals surface area contributed by atoms with Crippen LogP contribution in [0.1, 0.15) is 27.7 Å². The van der Waals surface area contributed by atoms with E-state index < -0.39 is 0 Å². The fourth-order valence-electron chi connectivity index (χ4n) is 1.38. The molecule has 0 aromatic carbocycles. The Labute approximate surface area is 108 Å². The van der Waals surface area contributed by atoms with Crippen molar-refractivity contribution in [1.29, 1.82) is 0 Å². The first-order chi connectivity index (χ1) is 7.25. The van der Waals surface area contributed by atoms with E-state index in [-0.39, 0.29) is 16.8 Å². The average Bonchev–Trinajstić information content (AvgIpc) is 2.14. The van der Waals surface area contributed by atoms with Gasteiger partial charge in [-0.3, -0.25) is 4.79 Å². The van der Waals surface area contributed by atoms with Crippen LogP contribution in [-0.4, -0.2) is 42.3 Å². The summed E-state index contributed by atoms with van der Waals surface area (Å²) >= 11 is 3.43. The summed E-state index contributed by atoms with van der Waals surface area (Å²) in [4.78, 5) is 13.9. The summed E-state index contributed by atoms with van der Waals surface area (Å²) in [6.07, 6.45) is 0. The SMILES string of the molecule is CC(C)C(CN(C)C)NC(=O)C(Br)C(C)C. The second-order valence-electron chi connectivity index (χ2n) is 5.27. The van der Waals surface area contributed by atoms with Crippen molar-refractivity contribution < 1.29 is 4.79 Å². The van der Waals surface area contributed by atoms with E-state index in [9.17, 15) is 4.79 Å². The van der Waals surface area contributed by atoms with Crippen LogP contribution in [0.25, 0.3) is 0 Å². The molecule has 4 heteroatoms. The van der Waals surface area contributed by atoms with Gasteiger partial charge in [0.1, 0.15) is 0 Å². The lowest BCUT2D eigenvalue weighted by molar-refractivity contribution is -0.122. The van der Waals surface area contributed by atoms with Crippen LogP contribution in [-0.2, 0) is 4.79 Å². The highest BCUT2D eigenvalue weighted by atomic mass is 79.9. The van der Waals surface area contributed by atoms with Crippen LogP contribution in [0.2, 0.25) is 0 Å². The quantitative estimate of drug-likeness (QED) is 0.761. The zero-order chi connectivity index (χ0) is 12.9. The Morgan fingerprint density at radius 2 is 1.69 bits per heavy atom. The van der Waals surface area contributed by atoms with Crippen molar-refractivity contribution >= 4 is 21.8 Å². The molecular weight excluding hydrogens is 268 g/mol. The second kappa shape index (κ2) is 7.28. The summed E-state index contributed by atoms with van der Waals surface area (Å²) in [5.41, 5.74) is 0. The predicted octanol–water partition coefficient (Wildman–Crippen LogP) is 2.11. The number of nitrogens with one attached hydrogen (secondary N) is 1. The second-order valence-corrected chi connectivity index (χ2v) is 6.25. The van der Waals surface area contributed by atoms with Gasteiger partial charge < -0.3 is 10.2 Å². The normalized spacial score (nSPS) is 15.6. The number of hydrogen-bond acceptors (Lipinski definition) is 2. The van der Waals surface area contributed by atoms with Gasteiger partial charge in [0.25, 0.3) is 0 Å². The monoisotopic (exact) mass is 292 g/mol. The van der Waals surface area contributed by atoms with Crippen molar-refractivity contribution in [2.75, 3.05) is 20.6 Å². The van der Waals surface area contributed by atoms with Gasteiger partial charge in [-0.05, 0) is 25.9 Å². The van der Waals surface area contributed by atoms with E-state index in [1.807, 2.05) is 27.9 Å². The van der Waals surface area contributed by atoms with Crippen molar-refractivity contribution in [3.8, 4) is 0 Å². The van der Waals surface area contributed by atoms with E-state index in [0.29, 0.717) is 11.8 Å². The van der Waals surface area contributed by atoms with Crippen LogP contribution < -0.4 is 5.32 Å². The van der Waals surface area contributed by atoms with Crippen LogP contribution in [0, 0.1) is 11.8 Å². The van der Waals surface area contributed by atoms with Gasteiger partial charge in [-0.15, -0.1) is 0 Å². The van der Waals surface area contributed by atoms with Gasteiger partial charge in [0.15, 0.2) is 0 Å². The largest absolute Gasteiger partial charge is 0.351 e. The maximum absolute atomic E-state index is 11.9. The summed E-state index contributed by atoms with van der Waals surface area (Å²) in [5, 5.41) is 3.10. The lowest BCUT2D eigenvalue weighted by Crippen LogP contribution is -2.48. The molecule has 0 rings (SSSR count).